The van der Waals surface area contributed by atoms with Crippen molar-refractivity contribution in [3.8, 4) is 0 Å². The molecule has 5 rings (SSSR count). The van der Waals surface area contributed by atoms with Gasteiger partial charge in [0.15, 0.2) is 0 Å². The lowest BCUT2D eigenvalue weighted by Gasteiger charge is -2.22. The molecule has 0 amide bonds. The molecule has 1 atom stereocenters. The Morgan fingerprint density at radius 1 is 0.500 bits per heavy atom. The average Bonchev–Trinajstić information content (AvgIpc) is 3.31. The molecule has 2 fully saturated rings. The molecule has 0 aromatic heterocycles. The number of alkyl halides is 3. The van der Waals surface area contributed by atoms with E-state index in [2.05, 4.69) is 85.8 Å². The molecule has 2 saturated carbocycles. The van der Waals surface area contributed by atoms with Gasteiger partial charge in [-0.05, 0) is 110 Å². The predicted molar refractivity (Wildman–Crippen MR) is 269 cm³/mol. The normalized spacial score (nSPS) is 15.5. The van der Waals surface area contributed by atoms with E-state index < -0.39 is 26.5 Å². The van der Waals surface area contributed by atoms with Crippen LogP contribution in [0, 0.1) is 5.92 Å². The highest BCUT2D eigenvalue weighted by molar-refractivity contribution is 7.79. The van der Waals surface area contributed by atoms with Gasteiger partial charge in [0.1, 0.15) is 15.9 Å². The van der Waals surface area contributed by atoms with Gasteiger partial charge in [0, 0.05) is 12.4 Å². The molecule has 3 aromatic rings. The van der Waals surface area contributed by atoms with Crippen molar-refractivity contribution in [3.05, 3.63) is 90.0 Å². The van der Waals surface area contributed by atoms with Gasteiger partial charge < -0.3 is 9.90 Å². The molecule has 0 spiro atoms. The average molecular weight is 905 g/mol. The maximum atomic E-state index is 12.1. The minimum absolute atomic E-state index is 0.218. The third kappa shape index (κ3) is 22.7. The minimum Gasteiger partial charge on any atom is -0.550 e. The topological polar surface area (TPSA) is 40.1 Å². The fraction of sp³-hybridized carbons (Fsp3) is 0.672. The Kier molecular flexibility index (Phi) is 27.8. The van der Waals surface area contributed by atoms with Crippen LogP contribution in [-0.4, -0.2) is 12.1 Å². The summed E-state index contributed by atoms with van der Waals surface area (Å²) in [6.07, 6.45) is 34.2. The summed E-state index contributed by atoms with van der Waals surface area (Å²) in [5.41, 5.74) is 3.12. The van der Waals surface area contributed by atoms with Crippen LogP contribution in [0.5, 0.6) is 0 Å². The predicted octanol–water partition coefficient (Wildman–Crippen LogP) is 16.6. The van der Waals surface area contributed by atoms with Gasteiger partial charge in [0.25, 0.3) is 0 Å². The van der Waals surface area contributed by atoms with Crippen molar-refractivity contribution in [3.63, 3.8) is 0 Å². The number of aliphatic carboxylic acids is 1. The van der Waals surface area contributed by atoms with E-state index >= 15 is 0 Å². The first kappa shape index (κ1) is 54.0. The maximum absolute atomic E-state index is 12.1. The van der Waals surface area contributed by atoms with Crippen molar-refractivity contribution in [1.29, 1.82) is 0 Å². The third-order valence-corrected chi connectivity index (χ3v) is 17.1. The Hall–Kier alpha value is -2.65. The van der Waals surface area contributed by atoms with Crippen LogP contribution >= 0.6 is 7.92 Å². The zero-order valence-corrected chi connectivity index (χ0v) is 41.2. The van der Waals surface area contributed by atoms with Crippen LogP contribution in [0.2, 0.25) is 0 Å². The second-order valence-corrected chi connectivity index (χ2v) is 22.2. The van der Waals surface area contributed by atoms with Crippen LogP contribution in [-0.2, 0) is 4.79 Å². The molecule has 0 N–H and O–H groups in total. The van der Waals surface area contributed by atoms with E-state index in [1.807, 2.05) is 0 Å². The van der Waals surface area contributed by atoms with Gasteiger partial charge in [-0.25, -0.2) is 0 Å². The number of carboxylic acid groups (broad SMARTS) is 1. The van der Waals surface area contributed by atoms with Crippen molar-refractivity contribution >= 4 is 29.8 Å². The van der Waals surface area contributed by atoms with E-state index in [-0.39, 0.29) is 12.3 Å². The standard InChI is InChI=1S/C30H35P.C28H53F3O2/c1-4-10-24(11-5-1)26-16-20-29(21-17-26)31(28-14-8-3-9-15-28)30-22-18-27(19-23-30)25-12-6-2-7-13-25;1-2-3-4-5-6-7-8-9-10-11-12-14-17-20-23-26(27(32)33)24-21-18-15-13-16-19-22-25-28(29,30)31/h3,8-9,14-25H,1-2,4-7,10-13H2;26H,2-25H2,1H3,(H,32,33). The first-order chi connectivity index (χ1) is 31.2. The molecule has 2 aliphatic carbocycles. The van der Waals surface area contributed by atoms with Crippen LogP contribution in [0.4, 0.5) is 13.2 Å². The molecule has 1 unspecified atom stereocenters. The summed E-state index contributed by atoms with van der Waals surface area (Å²) in [7, 11) is -0.970. The van der Waals surface area contributed by atoms with Gasteiger partial charge in [0.05, 0.1) is 7.92 Å². The van der Waals surface area contributed by atoms with Crippen molar-refractivity contribution in [1.82, 2.24) is 0 Å². The van der Waals surface area contributed by atoms with E-state index in [9.17, 15) is 23.1 Å². The van der Waals surface area contributed by atoms with Crippen LogP contribution < -0.4 is 21.0 Å². The number of halogens is 3. The Morgan fingerprint density at radius 2 is 0.844 bits per heavy atom. The van der Waals surface area contributed by atoms with Crippen molar-refractivity contribution < 1.29 is 23.1 Å². The van der Waals surface area contributed by atoms with E-state index in [0.29, 0.717) is 12.8 Å². The number of carboxylic acids is 1. The lowest BCUT2D eigenvalue weighted by molar-refractivity contribution is -0.312. The second-order valence-electron chi connectivity index (χ2n) is 19.7. The van der Waals surface area contributed by atoms with Gasteiger partial charge in [-0.15, -0.1) is 0 Å². The molecular weight excluding hydrogens is 817 g/mol. The van der Waals surface area contributed by atoms with E-state index in [1.165, 1.54) is 157 Å². The van der Waals surface area contributed by atoms with Gasteiger partial charge in [0.2, 0.25) is 0 Å². The van der Waals surface area contributed by atoms with Crippen LogP contribution in [0.25, 0.3) is 0 Å². The SMILES string of the molecule is CCCCCCCCCCCCCCCCC(CCCCCCCCCC(F)(F)F)C(=O)[O-].c1ccc([PH+](c2ccc(C3CCCCC3)cc2)c2ccc(C3CCCCC3)cc2)cc1. The number of carbonyl (C=O) groups is 1. The minimum atomic E-state index is -4.03. The highest BCUT2D eigenvalue weighted by atomic mass is 31.1. The van der Waals surface area contributed by atoms with E-state index in [0.717, 1.165) is 63.2 Å². The molecule has 0 saturated heterocycles. The summed E-state index contributed by atoms with van der Waals surface area (Å²) in [5, 5.41) is 15.9. The summed E-state index contributed by atoms with van der Waals surface area (Å²) in [5.74, 6) is 0.306. The monoisotopic (exact) mass is 905 g/mol. The molecule has 64 heavy (non-hydrogen) atoms. The molecule has 0 radical (unpaired) electrons. The Labute approximate surface area is 390 Å². The first-order valence-electron chi connectivity index (χ1n) is 26.7. The van der Waals surface area contributed by atoms with E-state index in [1.54, 1.807) is 11.1 Å². The zero-order chi connectivity index (χ0) is 45.5. The van der Waals surface area contributed by atoms with Crippen LogP contribution in [0.3, 0.4) is 0 Å². The second kappa shape index (κ2) is 32.9. The maximum Gasteiger partial charge on any atom is 0.389 e. The molecule has 0 bridgehead atoms. The van der Waals surface area contributed by atoms with Crippen LogP contribution in [0.15, 0.2) is 78.9 Å². The summed E-state index contributed by atoms with van der Waals surface area (Å²) in [6.45, 7) is 2.26. The molecular formula is C58H88F3O2P. The van der Waals surface area contributed by atoms with E-state index in [4.69, 9.17) is 0 Å². The summed E-state index contributed by atoms with van der Waals surface area (Å²) in [6, 6.07) is 30.7. The molecule has 0 aliphatic heterocycles. The lowest BCUT2D eigenvalue weighted by Crippen LogP contribution is -2.31. The molecule has 2 aliphatic rings. The number of hydrogen-bond acceptors (Lipinski definition) is 2. The molecule has 358 valence electrons. The fourth-order valence-corrected chi connectivity index (χ4v) is 12.9. The quantitative estimate of drug-likeness (QED) is 0.0494. The number of carbonyl (C=O) groups excluding carboxylic acids is 1. The molecule has 3 aromatic carbocycles. The number of rotatable bonds is 30. The molecule has 0 heterocycles. The Balaban J connectivity index is 0.000000280. The lowest BCUT2D eigenvalue weighted by atomic mass is 9.84. The van der Waals surface area contributed by atoms with Crippen molar-refractivity contribution in [2.45, 2.75) is 243 Å². The Morgan fingerprint density at radius 3 is 1.20 bits per heavy atom. The number of unbranched alkanes of at least 4 members (excludes halogenated alkanes) is 19. The van der Waals surface area contributed by atoms with Crippen molar-refractivity contribution in [2.75, 3.05) is 0 Å². The smallest absolute Gasteiger partial charge is 0.389 e. The van der Waals surface area contributed by atoms with Crippen molar-refractivity contribution in [2.24, 2.45) is 5.92 Å². The summed E-state index contributed by atoms with van der Waals surface area (Å²) >= 11 is 0. The molecule has 2 nitrogen and oxygen atoms in total. The van der Waals surface area contributed by atoms with Gasteiger partial charge in [-0.1, -0.05) is 216 Å². The third-order valence-electron chi connectivity index (χ3n) is 14.4. The van der Waals surface area contributed by atoms with Gasteiger partial charge >= 0.3 is 6.18 Å². The number of benzene rings is 3. The highest BCUT2D eigenvalue weighted by Crippen LogP contribution is 2.38. The largest absolute Gasteiger partial charge is 0.550 e. The highest BCUT2D eigenvalue weighted by Gasteiger charge is 2.27. The molecule has 6 heteroatoms. The summed E-state index contributed by atoms with van der Waals surface area (Å²) in [4.78, 5) is 11.4. The Bertz CT molecular complexity index is 1520. The first-order valence-corrected chi connectivity index (χ1v) is 28.2. The fourth-order valence-electron chi connectivity index (χ4n) is 10.4. The summed E-state index contributed by atoms with van der Waals surface area (Å²) < 4.78 is 36.2. The number of hydrogen-bond donors (Lipinski definition) is 0. The zero-order valence-electron chi connectivity index (χ0n) is 40.2. The van der Waals surface area contributed by atoms with Gasteiger partial charge in [-0.3, -0.25) is 0 Å². The van der Waals surface area contributed by atoms with Crippen LogP contribution in [0.1, 0.15) is 248 Å². The van der Waals surface area contributed by atoms with Gasteiger partial charge in [-0.2, -0.15) is 13.2 Å².